The molecule has 0 aromatic heterocycles. The fraction of sp³-hybridized carbons (Fsp3) is 0.909. The molecule has 0 amide bonds. The number of rotatable bonds is 4. The molecule has 1 aliphatic carbocycles. The number of nitrogens with zero attached hydrogens (tertiary/aromatic N) is 1. The Morgan fingerprint density at radius 3 is 2.35 bits per heavy atom. The predicted octanol–water partition coefficient (Wildman–Crippen LogP) is 0.903. The topological polar surface area (TPSA) is 90.2 Å². The highest BCUT2D eigenvalue weighted by molar-refractivity contribution is 7.90. The van der Waals surface area contributed by atoms with Gasteiger partial charge in [-0.3, -0.25) is 0 Å². The Morgan fingerprint density at radius 1 is 1.35 bits per heavy atom. The molecule has 1 aliphatic rings. The van der Waals surface area contributed by atoms with Crippen molar-refractivity contribution in [1.29, 1.82) is 5.26 Å². The summed E-state index contributed by atoms with van der Waals surface area (Å²) in [7, 11) is -3.63. The molecule has 0 aliphatic heterocycles. The van der Waals surface area contributed by atoms with E-state index in [2.05, 4.69) is 4.72 Å². The van der Waals surface area contributed by atoms with E-state index in [4.69, 9.17) is 5.26 Å². The second-order valence-corrected chi connectivity index (χ2v) is 6.86. The fourth-order valence-corrected chi connectivity index (χ4v) is 2.85. The quantitative estimate of drug-likeness (QED) is 0.735. The number of nitrogens with one attached hydrogen (secondary N) is 1. The molecule has 1 atom stereocenters. The second-order valence-electron chi connectivity index (χ2n) is 4.78. The molecule has 0 bridgehead atoms. The van der Waals surface area contributed by atoms with E-state index in [1.165, 1.54) is 6.92 Å². The zero-order valence-electron chi connectivity index (χ0n) is 10.1. The van der Waals surface area contributed by atoms with E-state index in [9.17, 15) is 13.5 Å². The zero-order valence-corrected chi connectivity index (χ0v) is 11.0. The number of hydrogen-bond acceptors (Lipinski definition) is 4. The highest BCUT2D eigenvalue weighted by Crippen LogP contribution is 2.26. The minimum Gasteiger partial charge on any atom is -0.389 e. The molecule has 1 unspecified atom stereocenters. The van der Waals surface area contributed by atoms with Crippen molar-refractivity contribution in [3.8, 4) is 6.07 Å². The third-order valence-corrected chi connectivity index (χ3v) is 4.87. The molecular weight excluding hydrogens is 240 g/mol. The van der Waals surface area contributed by atoms with E-state index < -0.39 is 20.9 Å². The lowest BCUT2D eigenvalue weighted by Gasteiger charge is -2.26. The van der Waals surface area contributed by atoms with Gasteiger partial charge >= 0.3 is 0 Å². The van der Waals surface area contributed by atoms with Crippen LogP contribution in [0.2, 0.25) is 0 Å². The molecule has 0 saturated heterocycles. The molecule has 17 heavy (non-hydrogen) atoms. The van der Waals surface area contributed by atoms with Crippen LogP contribution in [0.5, 0.6) is 0 Å². The first-order chi connectivity index (χ1) is 7.90. The fourth-order valence-electron chi connectivity index (χ4n) is 1.99. The predicted molar refractivity (Wildman–Crippen MR) is 64.6 cm³/mol. The lowest BCUT2D eigenvalue weighted by atomic mass is 9.95. The first kappa shape index (κ1) is 14.4. The van der Waals surface area contributed by atoms with Crippen LogP contribution in [0.3, 0.4) is 0 Å². The van der Waals surface area contributed by atoms with Crippen LogP contribution < -0.4 is 4.72 Å². The SMILES string of the molecule is CC(C#N)S(=O)(=O)NCC1(O)CCCCCC1. The van der Waals surface area contributed by atoms with Gasteiger partial charge in [0.05, 0.1) is 11.7 Å². The van der Waals surface area contributed by atoms with E-state index in [0.717, 1.165) is 25.7 Å². The Labute approximate surface area is 103 Å². The minimum absolute atomic E-state index is 0.0152. The lowest BCUT2D eigenvalue weighted by molar-refractivity contribution is 0.0303. The lowest BCUT2D eigenvalue weighted by Crippen LogP contribution is -2.44. The van der Waals surface area contributed by atoms with Gasteiger partial charge < -0.3 is 5.11 Å². The molecule has 0 spiro atoms. The Balaban J connectivity index is 2.57. The van der Waals surface area contributed by atoms with E-state index >= 15 is 0 Å². The molecular formula is C11H20N2O3S. The van der Waals surface area contributed by atoms with Gasteiger partial charge in [-0.1, -0.05) is 25.7 Å². The van der Waals surface area contributed by atoms with E-state index in [1.807, 2.05) is 0 Å². The summed E-state index contributed by atoms with van der Waals surface area (Å²) >= 11 is 0. The Kier molecular flexibility index (Phi) is 4.92. The van der Waals surface area contributed by atoms with E-state index in [1.54, 1.807) is 6.07 Å². The number of sulfonamides is 1. The smallest absolute Gasteiger partial charge is 0.227 e. The molecule has 2 N–H and O–H groups in total. The Hall–Kier alpha value is -0.640. The van der Waals surface area contributed by atoms with Crippen LogP contribution in [0.15, 0.2) is 0 Å². The third kappa shape index (κ3) is 4.26. The summed E-state index contributed by atoms with van der Waals surface area (Å²) in [6.45, 7) is 1.35. The first-order valence-electron chi connectivity index (χ1n) is 6.00. The first-order valence-corrected chi connectivity index (χ1v) is 7.55. The van der Waals surface area contributed by atoms with Gasteiger partial charge in [0.25, 0.3) is 0 Å². The van der Waals surface area contributed by atoms with Crippen LogP contribution >= 0.6 is 0 Å². The van der Waals surface area contributed by atoms with Gasteiger partial charge in [-0.15, -0.1) is 0 Å². The molecule has 98 valence electrons. The normalized spacial score (nSPS) is 22.4. The Morgan fingerprint density at radius 2 is 1.88 bits per heavy atom. The van der Waals surface area contributed by atoms with Gasteiger partial charge in [0.15, 0.2) is 5.25 Å². The van der Waals surface area contributed by atoms with Gasteiger partial charge in [0, 0.05) is 6.54 Å². The average molecular weight is 260 g/mol. The van der Waals surface area contributed by atoms with Crippen molar-refractivity contribution in [3.63, 3.8) is 0 Å². The molecule has 1 saturated carbocycles. The van der Waals surface area contributed by atoms with Gasteiger partial charge in [-0.2, -0.15) is 5.26 Å². The minimum atomic E-state index is -3.63. The zero-order chi connectivity index (χ0) is 12.9. The van der Waals surface area contributed by atoms with Crippen LogP contribution in [0, 0.1) is 11.3 Å². The van der Waals surface area contributed by atoms with Crippen molar-refractivity contribution in [2.24, 2.45) is 0 Å². The van der Waals surface area contributed by atoms with Crippen molar-refractivity contribution < 1.29 is 13.5 Å². The monoisotopic (exact) mass is 260 g/mol. The molecule has 0 radical (unpaired) electrons. The van der Waals surface area contributed by atoms with Crippen molar-refractivity contribution in [3.05, 3.63) is 0 Å². The summed E-state index contributed by atoms with van der Waals surface area (Å²) in [6, 6.07) is 1.69. The summed E-state index contributed by atoms with van der Waals surface area (Å²) < 4.78 is 25.5. The summed E-state index contributed by atoms with van der Waals surface area (Å²) in [5.74, 6) is 0. The number of aliphatic hydroxyl groups is 1. The van der Waals surface area contributed by atoms with Crippen LogP contribution in [0.1, 0.15) is 45.4 Å². The van der Waals surface area contributed by atoms with Crippen molar-refractivity contribution in [1.82, 2.24) is 4.72 Å². The summed E-state index contributed by atoms with van der Waals surface area (Å²) in [6.07, 6.45) is 5.26. The summed E-state index contributed by atoms with van der Waals surface area (Å²) in [5.41, 5.74) is -0.946. The summed E-state index contributed by atoms with van der Waals surface area (Å²) in [5, 5.41) is 17.8. The standard InChI is InChI=1S/C11H20N2O3S/c1-10(8-12)17(15,16)13-9-11(14)6-4-2-3-5-7-11/h10,13-14H,2-7,9H2,1H3. The van der Waals surface area contributed by atoms with Gasteiger partial charge in [-0.05, 0) is 19.8 Å². The van der Waals surface area contributed by atoms with Crippen molar-refractivity contribution in [2.45, 2.75) is 56.3 Å². The maximum Gasteiger partial charge on any atom is 0.227 e. The molecule has 1 fully saturated rings. The van der Waals surface area contributed by atoms with Gasteiger partial charge in [0.1, 0.15) is 0 Å². The van der Waals surface area contributed by atoms with Crippen LogP contribution in [-0.4, -0.2) is 30.9 Å². The second kappa shape index (κ2) is 5.80. The molecule has 5 nitrogen and oxygen atoms in total. The highest BCUT2D eigenvalue weighted by Gasteiger charge is 2.30. The van der Waals surface area contributed by atoms with Crippen molar-refractivity contribution in [2.75, 3.05) is 6.54 Å². The Bertz CT molecular complexity index is 378. The third-order valence-electron chi connectivity index (χ3n) is 3.28. The van der Waals surface area contributed by atoms with Gasteiger partial charge in [-0.25, -0.2) is 13.1 Å². The van der Waals surface area contributed by atoms with E-state index in [-0.39, 0.29) is 6.54 Å². The highest BCUT2D eigenvalue weighted by atomic mass is 32.2. The molecule has 0 aromatic carbocycles. The number of hydrogen-bond donors (Lipinski definition) is 2. The molecule has 6 heteroatoms. The van der Waals surface area contributed by atoms with Crippen LogP contribution in [0.25, 0.3) is 0 Å². The maximum absolute atomic E-state index is 11.6. The molecule has 1 rings (SSSR count). The van der Waals surface area contributed by atoms with Crippen molar-refractivity contribution >= 4 is 10.0 Å². The average Bonchev–Trinajstić information content (AvgIpc) is 2.51. The largest absolute Gasteiger partial charge is 0.389 e. The van der Waals surface area contributed by atoms with E-state index in [0.29, 0.717) is 12.8 Å². The van der Waals surface area contributed by atoms with Crippen LogP contribution in [0.4, 0.5) is 0 Å². The van der Waals surface area contributed by atoms with Gasteiger partial charge in [0.2, 0.25) is 10.0 Å². The maximum atomic E-state index is 11.6. The van der Waals surface area contributed by atoms with Crippen LogP contribution in [-0.2, 0) is 10.0 Å². The number of nitriles is 1. The molecule has 0 aromatic rings. The molecule has 0 heterocycles. The summed E-state index contributed by atoms with van der Waals surface area (Å²) in [4.78, 5) is 0.